The number of para-hydroxylation sites is 1. The molecule has 1 aliphatic carbocycles. The van der Waals surface area contributed by atoms with Gasteiger partial charge in [0.15, 0.2) is 0 Å². The van der Waals surface area contributed by atoms with Crippen molar-refractivity contribution in [3.63, 3.8) is 0 Å². The summed E-state index contributed by atoms with van der Waals surface area (Å²) in [5, 5.41) is 8.55. The maximum Gasteiger partial charge on any atom is 0.303 e. The number of rotatable bonds is 4. The Kier molecular flexibility index (Phi) is 5.61. The van der Waals surface area contributed by atoms with E-state index in [1.165, 1.54) is 36.0 Å². The number of sulfonamides is 1. The van der Waals surface area contributed by atoms with E-state index in [9.17, 15) is 13.2 Å². The van der Waals surface area contributed by atoms with Crippen molar-refractivity contribution in [2.45, 2.75) is 44.3 Å². The second-order valence-corrected chi connectivity index (χ2v) is 8.44. The van der Waals surface area contributed by atoms with Crippen LogP contribution in [0.25, 0.3) is 0 Å². The summed E-state index contributed by atoms with van der Waals surface area (Å²) < 4.78 is 24.4. The summed E-state index contributed by atoms with van der Waals surface area (Å²) in [5.41, 5.74) is 5.82. The fraction of sp³-hybridized carbons (Fsp3) is 0.350. The number of carbonyl (C=O) groups is 1. The van der Waals surface area contributed by atoms with Crippen LogP contribution < -0.4 is 4.72 Å². The molecule has 1 aliphatic heterocycles. The molecule has 5 nitrogen and oxygen atoms in total. The van der Waals surface area contributed by atoms with Gasteiger partial charge in [-0.3, -0.25) is 9.52 Å². The van der Waals surface area contributed by atoms with Gasteiger partial charge in [-0.1, -0.05) is 36.4 Å². The van der Waals surface area contributed by atoms with Gasteiger partial charge in [-0.05, 0) is 60.4 Å². The molecule has 2 aromatic rings. The van der Waals surface area contributed by atoms with Crippen molar-refractivity contribution < 1.29 is 18.3 Å². The van der Waals surface area contributed by atoms with Crippen LogP contribution in [0.5, 0.6) is 0 Å². The fourth-order valence-electron chi connectivity index (χ4n) is 3.38. The molecular formula is C20H23NO4S. The summed E-state index contributed by atoms with van der Waals surface area (Å²) in [6.07, 6.45) is 5.59. The maximum atomic E-state index is 11.0. The summed E-state index contributed by atoms with van der Waals surface area (Å²) in [5.74, 6) is -0.584. The first-order chi connectivity index (χ1) is 12.4. The van der Waals surface area contributed by atoms with E-state index < -0.39 is 16.0 Å². The molecule has 0 spiro atoms. The zero-order valence-electron chi connectivity index (χ0n) is 14.6. The predicted octanol–water partition coefficient (Wildman–Crippen LogP) is 3.52. The van der Waals surface area contributed by atoms with Gasteiger partial charge < -0.3 is 5.11 Å². The topological polar surface area (TPSA) is 83.5 Å². The number of anilines is 1. The molecule has 0 atom stereocenters. The molecule has 2 aromatic carbocycles. The minimum Gasteiger partial charge on any atom is -0.481 e. The van der Waals surface area contributed by atoms with Gasteiger partial charge in [0.1, 0.15) is 0 Å². The molecule has 4 rings (SSSR count). The number of hydrogen-bond acceptors (Lipinski definition) is 3. The van der Waals surface area contributed by atoms with Crippen molar-refractivity contribution in [1.82, 2.24) is 0 Å². The van der Waals surface area contributed by atoms with Gasteiger partial charge in [-0.2, -0.15) is 0 Å². The van der Waals surface area contributed by atoms with Gasteiger partial charge >= 0.3 is 5.97 Å². The van der Waals surface area contributed by atoms with Crippen molar-refractivity contribution in [3.05, 3.63) is 64.7 Å². The number of benzene rings is 2. The summed E-state index contributed by atoms with van der Waals surface area (Å²) in [6.45, 7) is 0. The SMILES string of the molecule is O=C(O)CCCc1ccc2c(c1)CCC2.O=S1(=O)Cc2ccccc2N1. The zero-order chi connectivity index (χ0) is 18.6. The molecule has 0 saturated heterocycles. The minimum absolute atomic E-state index is 0.114. The van der Waals surface area contributed by atoms with E-state index in [4.69, 9.17) is 5.11 Å². The van der Waals surface area contributed by atoms with E-state index in [0.717, 1.165) is 18.4 Å². The highest BCUT2D eigenvalue weighted by atomic mass is 32.2. The van der Waals surface area contributed by atoms with E-state index in [0.29, 0.717) is 5.69 Å². The van der Waals surface area contributed by atoms with Crippen LogP contribution in [-0.4, -0.2) is 19.5 Å². The smallest absolute Gasteiger partial charge is 0.303 e. The molecular weight excluding hydrogens is 350 g/mol. The van der Waals surface area contributed by atoms with Gasteiger partial charge in [0.05, 0.1) is 11.4 Å². The molecule has 0 saturated carbocycles. The van der Waals surface area contributed by atoms with Crippen molar-refractivity contribution >= 4 is 21.7 Å². The highest BCUT2D eigenvalue weighted by Gasteiger charge is 2.21. The lowest BCUT2D eigenvalue weighted by Crippen LogP contribution is -2.05. The predicted molar refractivity (Wildman–Crippen MR) is 102 cm³/mol. The third-order valence-electron chi connectivity index (χ3n) is 4.65. The fourth-order valence-corrected chi connectivity index (χ4v) is 4.65. The number of fused-ring (bicyclic) bond motifs is 2. The number of carboxylic acid groups (broad SMARTS) is 1. The molecule has 0 unspecified atom stereocenters. The molecule has 2 N–H and O–H groups in total. The average Bonchev–Trinajstić information content (AvgIpc) is 3.16. The lowest BCUT2D eigenvalue weighted by atomic mass is 10.0. The zero-order valence-corrected chi connectivity index (χ0v) is 15.4. The first-order valence-corrected chi connectivity index (χ1v) is 10.5. The molecule has 0 amide bonds. The van der Waals surface area contributed by atoms with Crippen LogP contribution in [0.15, 0.2) is 42.5 Å². The van der Waals surface area contributed by atoms with Gasteiger partial charge in [-0.15, -0.1) is 0 Å². The van der Waals surface area contributed by atoms with Gasteiger partial charge in [-0.25, -0.2) is 8.42 Å². The lowest BCUT2D eigenvalue weighted by Gasteiger charge is -2.03. The second kappa shape index (κ2) is 7.91. The van der Waals surface area contributed by atoms with Crippen molar-refractivity contribution in [2.75, 3.05) is 4.72 Å². The molecule has 26 heavy (non-hydrogen) atoms. The van der Waals surface area contributed by atoms with Gasteiger partial charge in [0, 0.05) is 6.42 Å². The molecule has 2 aliphatic rings. The normalized spacial score (nSPS) is 16.0. The van der Waals surface area contributed by atoms with E-state index in [1.54, 1.807) is 6.07 Å². The number of carboxylic acids is 1. The molecule has 138 valence electrons. The maximum absolute atomic E-state index is 11.0. The standard InChI is InChI=1S/C13H16O2.C7H7NO2S/c14-13(15)6-1-3-10-7-8-11-4-2-5-12(11)9-10;9-11(10)5-6-3-1-2-4-7(6)8-11/h7-9H,1-6H2,(H,14,15);1-4,8H,5H2. The van der Waals surface area contributed by atoms with Gasteiger partial charge in [0.25, 0.3) is 0 Å². The highest BCUT2D eigenvalue weighted by Crippen LogP contribution is 2.25. The highest BCUT2D eigenvalue weighted by molar-refractivity contribution is 7.92. The van der Waals surface area contributed by atoms with E-state index >= 15 is 0 Å². The van der Waals surface area contributed by atoms with Crippen LogP contribution in [0.1, 0.15) is 41.5 Å². The van der Waals surface area contributed by atoms with Crippen molar-refractivity contribution in [1.29, 1.82) is 0 Å². The monoisotopic (exact) mass is 373 g/mol. The summed E-state index contributed by atoms with van der Waals surface area (Å²) in [7, 11) is -3.06. The van der Waals surface area contributed by atoms with Gasteiger partial charge in [0.2, 0.25) is 10.0 Å². The Morgan fingerprint density at radius 1 is 1.04 bits per heavy atom. The first-order valence-electron chi connectivity index (χ1n) is 8.84. The Labute approximate surface area is 154 Å². The Bertz CT molecular complexity index is 875. The molecule has 0 aromatic heterocycles. The molecule has 1 heterocycles. The first kappa shape index (κ1) is 18.5. The number of aliphatic carboxylic acids is 1. The van der Waals surface area contributed by atoms with E-state index in [2.05, 4.69) is 22.9 Å². The number of nitrogens with one attached hydrogen (secondary N) is 1. The average molecular weight is 373 g/mol. The Hall–Kier alpha value is -2.34. The summed E-state index contributed by atoms with van der Waals surface area (Å²) in [6, 6.07) is 13.8. The Morgan fingerprint density at radius 2 is 1.81 bits per heavy atom. The van der Waals surface area contributed by atoms with E-state index in [1.807, 2.05) is 18.2 Å². The molecule has 0 fully saturated rings. The van der Waals surface area contributed by atoms with Crippen LogP contribution in [-0.2, 0) is 39.8 Å². The van der Waals surface area contributed by atoms with Crippen LogP contribution >= 0.6 is 0 Å². The number of hydrogen-bond donors (Lipinski definition) is 2. The van der Waals surface area contributed by atoms with Crippen LogP contribution in [0, 0.1) is 0 Å². The Morgan fingerprint density at radius 3 is 2.58 bits per heavy atom. The lowest BCUT2D eigenvalue weighted by molar-refractivity contribution is -0.137. The Balaban J connectivity index is 0.000000158. The van der Waals surface area contributed by atoms with Crippen LogP contribution in [0.3, 0.4) is 0 Å². The van der Waals surface area contributed by atoms with E-state index in [-0.39, 0.29) is 12.2 Å². The third-order valence-corrected chi connectivity index (χ3v) is 5.87. The number of aryl methyl sites for hydroxylation is 3. The summed E-state index contributed by atoms with van der Waals surface area (Å²) >= 11 is 0. The third kappa shape index (κ3) is 4.85. The van der Waals surface area contributed by atoms with Crippen molar-refractivity contribution in [3.8, 4) is 0 Å². The molecule has 0 radical (unpaired) electrons. The van der Waals surface area contributed by atoms with Crippen LogP contribution in [0.2, 0.25) is 0 Å². The van der Waals surface area contributed by atoms with Crippen LogP contribution in [0.4, 0.5) is 5.69 Å². The second-order valence-electron chi connectivity index (χ2n) is 6.72. The quantitative estimate of drug-likeness (QED) is 0.859. The minimum atomic E-state index is -3.06. The summed E-state index contributed by atoms with van der Waals surface area (Å²) in [4.78, 5) is 10.4. The molecule has 0 bridgehead atoms. The molecule has 6 heteroatoms. The van der Waals surface area contributed by atoms with Crippen molar-refractivity contribution in [2.24, 2.45) is 0 Å². The largest absolute Gasteiger partial charge is 0.481 e.